The predicted octanol–water partition coefficient (Wildman–Crippen LogP) is 3.65. The largest absolute Gasteiger partial charge is 0.312 e. The van der Waals surface area contributed by atoms with Crippen molar-refractivity contribution in [2.24, 2.45) is 5.92 Å². The van der Waals surface area contributed by atoms with Crippen LogP contribution < -0.4 is 5.32 Å². The molecule has 1 aliphatic carbocycles. The zero-order valence-electron chi connectivity index (χ0n) is 10.9. The second-order valence-electron chi connectivity index (χ2n) is 5.16. The number of hydrogen-bond donors (Lipinski definition) is 1. The van der Waals surface area contributed by atoms with Gasteiger partial charge < -0.3 is 5.32 Å². The van der Waals surface area contributed by atoms with Crippen LogP contribution in [-0.2, 0) is 6.54 Å². The highest BCUT2D eigenvalue weighted by atomic mass is 32.2. The maximum atomic E-state index is 3.60. The number of rotatable bonds is 7. The van der Waals surface area contributed by atoms with Crippen LogP contribution in [0, 0.1) is 5.92 Å². The Hall–Kier alpha value is -0.470. The molecule has 0 aliphatic heterocycles. The third-order valence-electron chi connectivity index (χ3n) is 3.33. The molecule has 1 atom stereocenters. The molecule has 94 valence electrons. The van der Waals surface area contributed by atoms with E-state index in [2.05, 4.69) is 42.8 Å². The molecule has 0 spiro atoms. The second-order valence-corrected chi connectivity index (χ2v) is 6.08. The third-order valence-corrected chi connectivity index (χ3v) is 4.23. The van der Waals surface area contributed by atoms with E-state index in [-0.39, 0.29) is 0 Å². The third kappa shape index (κ3) is 4.04. The predicted molar refractivity (Wildman–Crippen MR) is 77.7 cm³/mol. The summed E-state index contributed by atoms with van der Waals surface area (Å²) in [4.78, 5) is 0. The van der Waals surface area contributed by atoms with Gasteiger partial charge in [0.2, 0.25) is 0 Å². The molecule has 1 nitrogen and oxygen atoms in total. The van der Waals surface area contributed by atoms with Gasteiger partial charge in [-0.15, -0.1) is 0 Å². The van der Waals surface area contributed by atoms with Crippen molar-refractivity contribution >= 4 is 11.8 Å². The standard InChI is InChI=1S/C15H23NS/c1-12(11-17-2)9-16-10-14-5-3-4-6-15(14)13-7-8-13/h3-6,12-13,16H,7-11H2,1-2H3. The van der Waals surface area contributed by atoms with Crippen molar-refractivity contribution in [2.75, 3.05) is 18.6 Å². The zero-order valence-corrected chi connectivity index (χ0v) is 11.7. The van der Waals surface area contributed by atoms with Gasteiger partial charge in [0.1, 0.15) is 0 Å². The highest BCUT2D eigenvalue weighted by molar-refractivity contribution is 7.98. The van der Waals surface area contributed by atoms with Crippen molar-refractivity contribution in [3.63, 3.8) is 0 Å². The Balaban J connectivity index is 1.82. The number of thioether (sulfide) groups is 1. The summed E-state index contributed by atoms with van der Waals surface area (Å²) >= 11 is 1.93. The highest BCUT2D eigenvalue weighted by Crippen LogP contribution is 2.41. The summed E-state index contributed by atoms with van der Waals surface area (Å²) in [7, 11) is 0. The molecule has 1 aliphatic rings. The van der Waals surface area contributed by atoms with E-state index in [9.17, 15) is 0 Å². The quantitative estimate of drug-likeness (QED) is 0.791. The van der Waals surface area contributed by atoms with Gasteiger partial charge in [0.05, 0.1) is 0 Å². The van der Waals surface area contributed by atoms with E-state index in [0.717, 1.165) is 24.9 Å². The summed E-state index contributed by atoms with van der Waals surface area (Å²) in [6.07, 6.45) is 4.96. The molecule has 2 rings (SSSR count). The molecular formula is C15H23NS. The van der Waals surface area contributed by atoms with E-state index >= 15 is 0 Å². The van der Waals surface area contributed by atoms with Gasteiger partial charge in [-0.25, -0.2) is 0 Å². The van der Waals surface area contributed by atoms with Crippen LogP contribution >= 0.6 is 11.8 Å². The lowest BCUT2D eigenvalue weighted by atomic mass is 10.0. The molecule has 1 saturated carbocycles. The first-order valence-corrected chi connectivity index (χ1v) is 7.98. The number of benzene rings is 1. The van der Waals surface area contributed by atoms with Gasteiger partial charge >= 0.3 is 0 Å². The maximum absolute atomic E-state index is 3.60. The van der Waals surface area contributed by atoms with E-state index in [1.54, 1.807) is 5.56 Å². The molecule has 0 bridgehead atoms. The minimum atomic E-state index is 0.762. The van der Waals surface area contributed by atoms with Crippen LogP contribution in [0.1, 0.15) is 36.8 Å². The Bertz CT molecular complexity index is 347. The van der Waals surface area contributed by atoms with Crippen molar-refractivity contribution in [3.8, 4) is 0 Å². The first kappa shape index (κ1) is 13.0. The van der Waals surface area contributed by atoms with Crippen LogP contribution in [0.5, 0.6) is 0 Å². The van der Waals surface area contributed by atoms with Crippen LogP contribution in [0.15, 0.2) is 24.3 Å². The van der Waals surface area contributed by atoms with Gasteiger partial charge in [-0.2, -0.15) is 11.8 Å². The molecule has 1 aromatic rings. The molecule has 1 aromatic carbocycles. The normalized spacial score (nSPS) is 17.1. The second kappa shape index (κ2) is 6.46. The van der Waals surface area contributed by atoms with Crippen LogP contribution in [-0.4, -0.2) is 18.6 Å². The maximum Gasteiger partial charge on any atom is 0.0208 e. The van der Waals surface area contributed by atoms with Crippen LogP contribution in [0.2, 0.25) is 0 Å². The monoisotopic (exact) mass is 249 g/mol. The first-order chi connectivity index (χ1) is 8.31. The van der Waals surface area contributed by atoms with Gasteiger partial charge in [-0.05, 0) is 54.4 Å². The zero-order chi connectivity index (χ0) is 12.1. The van der Waals surface area contributed by atoms with Crippen LogP contribution in [0.4, 0.5) is 0 Å². The number of nitrogens with one attached hydrogen (secondary N) is 1. The van der Waals surface area contributed by atoms with Crippen LogP contribution in [0.3, 0.4) is 0 Å². The molecule has 0 saturated heterocycles. The molecule has 0 radical (unpaired) electrons. The van der Waals surface area contributed by atoms with Crippen molar-refractivity contribution in [2.45, 2.75) is 32.2 Å². The molecule has 0 heterocycles. The minimum absolute atomic E-state index is 0.762. The summed E-state index contributed by atoms with van der Waals surface area (Å²) < 4.78 is 0. The van der Waals surface area contributed by atoms with Gasteiger partial charge in [0.25, 0.3) is 0 Å². The van der Waals surface area contributed by atoms with Crippen molar-refractivity contribution in [1.29, 1.82) is 0 Å². The summed E-state index contributed by atoms with van der Waals surface area (Å²) in [5, 5.41) is 3.60. The Morgan fingerprint density at radius 3 is 2.82 bits per heavy atom. The fourth-order valence-electron chi connectivity index (χ4n) is 2.28. The molecule has 1 unspecified atom stereocenters. The van der Waals surface area contributed by atoms with Crippen molar-refractivity contribution in [1.82, 2.24) is 5.32 Å². The van der Waals surface area contributed by atoms with Gasteiger partial charge in [-0.3, -0.25) is 0 Å². The lowest BCUT2D eigenvalue weighted by Gasteiger charge is -2.13. The Kier molecular flexibility index (Phi) is 4.93. The Morgan fingerprint density at radius 2 is 2.12 bits per heavy atom. The molecule has 2 heteroatoms. The topological polar surface area (TPSA) is 12.0 Å². The lowest BCUT2D eigenvalue weighted by molar-refractivity contribution is 0.558. The van der Waals surface area contributed by atoms with Gasteiger partial charge in [0.15, 0.2) is 0 Å². The van der Waals surface area contributed by atoms with E-state index in [1.807, 2.05) is 11.8 Å². The molecule has 17 heavy (non-hydrogen) atoms. The fraction of sp³-hybridized carbons (Fsp3) is 0.600. The van der Waals surface area contributed by atoms with Gasteiger partial charge in [-0.1, -0.05) is 31.2 Å². The molecule has 0 amide bonds. The summed E-state index contributed by atoms with van der Waals surface area (Å²) in [5.41, 5.74) is 3.09. The van der Waals surface area contributed by atoms with Gasteiger partial charge in [0, 0.05) is 6.54 Å². The average molecular weight is 249 g/mol. The molecular weight excluding hydrogens is 226 g/mol. The van der Waals surface area contributed by atoms with E-state index in [0.29, 0.717) is 0 Å². The average Bonchev–Trinajstić information content (AvgIpc) is 3.14. The SMILES string of the molecule is CSCC(C)CNCc1ccccc1C1CC1. The Morgan fingerprint density at radius 1 is 1.35 bits per heavy atom. The van der Waals surface area contributed by atoms with Crippen molar-refractivity contribution < 1.29 is 0 Å². The number of hydrogen-bond acceptors (Lipinski definition) is 2. The molecule has 1 fully saturated rings. The lowest BCUT2D eigenvalue weighted by Crippen LogP contribution is -2.22. The van der Waals surface area contributed by atoms with Crippen LogP contribution in [0.25, 0.3) is 0 Å². The van der Waals surface area contributed by atoms with E-state index in [1.165, 1.54) is 24.2 Å². The van der Waals surface area contributed by atoms with E-state index < -0.39 is 0 Å². The minimum Gasteiger partial charge on any atom is -0.312 e. The molecule has 1 N–H and O–H groups in total. The Labute approximate surface area is 109 Å². The van der Waals surface area contributed by atoms with E-state index in [4.69, 9.17) is 0 Å². The summed E-state index contributed by atoms with van der Waals surface area (Å²) in [5.74, 6) is 2.87. The fourth-order valence-corrected chi connectivity index (χ4v) is 2.97. The van der Waals surface area contributed by atoms with Crippen molar-refractivity contribution in [3.05, 3.63) is 35.4 Å². The highest BCUT2D eigenvalue weighted by Gasteiger charge is 2.25. The first-order valence-electron chi connectivity index (χ1n) is 6.58. The summed E-state index contributed by atoms with van der Waals surface area (Å²) in [6.45, 7) is 4.47. The smallest absolute Gasteiger partial charge is 0.0208 e. The molecule has 0 aromatic heterocycles. The summed E-state index contributed by atoms with van der Waals surface area (Å²) in [6, 6.07) is 8.92.